The van der Waals surface area contributed by atoms with Gasteiger partial charge in [-0.25, -0.2) is 4.98 Å². The number of rotatable bonds is 4. The molecule has 1 aliphatic carbocycles. The van der Waals surface area contributed by atoms with E-state index in [-0.39, 0.29) is 11.5 Å². The topological polar surface area (TPSA) is 65.1 Å². The molecule has 0 aliphatic heterocycles. The van der Waals surface area contributed by atoms with Crippen LogP contribution in [0.3, 0.4) is 0 Å². The summed E-state index contributed by atoms with van der Waals surface area (Å²) in [5.74, 6) is 0.802. The predicted molar refractivity (Wildman–Crippen MR) is 100 cm³/mol. The van der Waals surface area contributed by atoms with Crippen molar-refractivity contribution in [2.75, 3.05) is 0 Å². The van der Waals surface area contributed by atoms with Crippen molar-refractivity contribution in [2.45, 2.75) is 71.5 Å². The Labute approximate surface area is 144 Å². The number of thiocarbonyl (C=S) groups is 1. The molecule has 0 spiro atoms. The van der Waals surface area contributed by atoms with E-state index in [1.807, 2.05) is 12.4 Å². The molecule has 6 heteroatoms. The number of H-pyrrole nitrogens is 1. The van der Waals surface area contributed by atoms with Crippen LogP contribution in [0.25, 0.3) is 0 Å². The highest BCUT2D eigenvalue weighted by Gasteiger charge is 2.26. The summed E-state index contributed by atoms with van der Waals surface area (Å²) in [4.78, 5) is 12.0. The quantitative estimate of drug-likeness (QED) is 0.584. The van der Waals surface area contributed by atoms with E-state index in [9.17, 15) is 0 Å². The van der Waals surface area contributed by atoms with Crippen LogP contribution < -0.4 is 10.6 Å². The minimum atomic E-state index is 0.176. The summed E-state index contributed by atoms with van der Waals surface area (Å²) in [5.41, 5.74) is 0.176. The Balaban J connectivity index is 1.92. The highest BCUT2D eigenvalue weighted by atomic mass is 32.1. The fraction of sp³-hybridized carbons (Fsp3) is 0.706. The van der Waals surface area contributed by atoms with Crippen molar-refractivity contribution >= 4 is 23.5 Å². The molecular weight excluding hydrogens is 306 g/mol. The van der Waals surface area contributed by atoms with E-state index >= 15 is 0 Å². The van der Waals surface area contributed by atoms with E-state index in [0.29, 0.717) is 12.1 Å². The van der Waals surface area contributed by atoms with Crippen LogP contribution in [-0.4, -0.2) is 39.4 Å². The number of hydrogen-bond acceptors (Lipinski definition) is 3. The van der Waals surface area contributed by atoms with Crippen LogP contribution in [0.4, 0.5) is 0 Å². The van der Waals surface area contributed by atoms with Crippen LogP contribution in [0.5, 0.6) is 0 Å². The second kappa shape index (κ2) is 7.90. The summed E-state index contributed by atoms with van der Waals surface area (Å²) in [6, 6.07) is 0.858. The molecule has 1 fully saturated rings. The summed E-state index contributed by atoms with van der Waals surface area (Å²) >= 11 is 5.50. The third kappa shape index (κ3) is 5.61. The van der Waals surface area contributed by atoms with Gasteiger partial charge in [-0.3, -0.25) is 4.99 Å². The minimum Gasteiger partial charge on any atom is -0.360 e. The molecule has 0 unspecified atom stereocenters. The Hall–Kier alpha value is -1.43. The average Bonchev–Trinajstić information content (AvgIpc) is 2.98. The van der Waals surface area contributed by atoms with E-state index in [1.165, 1.54) is 12.8 Å². The Kier molecular flexibility index (Phi) is 6.16. The van der Waals surface area contributed by atoms with Crippen molar-refractivity contribution < 1.29 is 0 Å². The predicted octanol–water partition coefficient (Wildman–Crippen LogP) is 3.04. The number of hydrogen-bond donors (Lipinski definition) is 3. The van der Waals surface area contributed by atoms with Crippen molar-refractivity contribution in [3.05, 3.63) is 18.2 Å². The first-order valence-corrected chi connectivity index (χ1v) is 8.86. The van der Waals surface area contributed by atoms with Gasteiger partial charge in [-0.15, -0.1) is 0 Å². The van der Waals surface area contributed by atoms with E-state index < -0.39 is 0 Å². The normalized spacial score (nSPS) is 23.7. The van der Waals surface area contributed by atoms with Crippen molar-refractivity contribution in [3.8, 4) is 0 Å². The van der Waals surface area contributed by atoms with Crippen LogP contribution in [0, 0.1) is 5.41 Å². The lowest BCUT2D eigenvalue weighted by molar-refractivity contribution is 0.310. The van der Waals surface area contributed by atoms with Crippen molar-refractivity contribution in [1.29, 1.82) is 0 Å². The van der Waals surface area contributed by atoms with Crippen molar-refractivity contribution in [3.63, 3.8) is 0 Å². The minimum absolute atomic E-state index is 0.176. The van der Waals surface area contributed by atoms with Crippen LogP contribution in [-0.2, 0) is 0 Å². The molecule has 128 valence electrons. The first kappa shape index (κ1) is 17.9. The number of nitrogens with one attached hydrogen (secondary N) is 3. The maximum atomic E-state index is 5.50. The van der Waals surface area contributed by atoms with Gasteiger partial charge in [0.1, 0.15) is 5.82 Å². The van der Waals surface area contributed by atoms with Gasteiger partial charge in [0.05, 0.1) is 18.3 Å². The second-order valence-corrected chi connectivity index (χ2v) is 7.82. The molecule has 2 rings (SSSR count). The Morgan fingerprint density at radius 3 is 2.83 bits per heavy atom. The molecule has 0 bridgehead atoms. The van der Waals surface area contributed by atoms with Crippen LogP contribution in [0.2, 0.25) is 0 Å². The number of nitrogens with zero attached hydrogens (tertiary/aromatic N) is 2. The van der Waals surface area contributed by atoms with Gasteiger partial charge < -0.3 is 15.6 Å². The maximum absolute atomic E-state index is 5.50. The van der Waals surface area contributed by atoms with Crippen LogP contribution >= 0.6 is 12.2 Å². The summed E-state index contributed by atoms with van der Waals surface area (Å²) in [5, 5.41) is 7.62. The van der Waals surface area contributed by atoms with E-state index in [4.69, 9.17) is 17.2 Å². The van der Waals surface area contributed by atoms with E-state index in [1.54, 1.807) is 6.20 Å². The largest absolute Gasteiger partial charge is 0.360 e. The fourth-order valence-corrected chi connectivity index (χ4v) is 2.92. The van der Waals surface area contributed by atoms with Gasteiger partial charge in [-0.05, 0) is 37.4 Å². The molecule has 1 heterocycles. The Bertz CT molecular complexity index is 518. The van der Waals surface area contributed by atoms with Gasteiger partial charge in [0.15, 0.2) is 5.11 Å². The zero-order valence-electron chi connectivity index (χ0n) is 14.6. The van der Waals surface area contributed by atoms with Crippen LogP contribution in [0.15, 0.2) is 17.4 Å². The van der Waals surface area contributed by atoms with E-state index in [0.717, 1.165) is 23.8 Å². The van der Waals surface area contributed by atoms with Crippen LogP contribution in [0.1, 0.15) is 59.2 Å². The van der Waals surface area contributed by atoms with Gasteiger partial charge in [-0.1, -0.05) is 33.6 Å². The summed E-state index contributed by atoms with van der Waals surface area (Å²) in [6.07, 6.45) is 10.0. The molecule has 1 saturated carbocycles. The van der Waals surface area contributed by atoms with Crippen molar-refractivity contribution in [2.24, 2.45) is 10.4 Å². The molecule has 1 aliphatic rings. The highest BCUT2D eigenvalue weighted by Crippen LogP contribution is 2.22. The van der Waals surface area contributed by atoms with Gasteiger partial charge in [0.2, 0.25) is 0 Å². The van der Waals surface area contributed by atoms with Gasteiger partial charge >= 0.3 is 0 Å². The molecule has 1 aromatic rings. The second-order valence-electron chi connectivity index (χ2n) is 7.42. The van der Waals surface area contributed by atoms with Gasteiger partial charge in [0, 0.05) is 18.4 Å². The molecule has 23 heavy (non-hydrogen) atoms. The van der Waals surface area contributed by atoms with Crippen molar-refractivity contribution in [1.82, 2.24) is 20.6 Å². The maximum Gasteiger partial charge on any atom is 0.166 e. The van der Waals surface area contributed by atoms with Gasteiger partial charge in [-0.2, -0.15) is 0 Å². The standard InChI is InChI=1S/C17H29N5S/c1-12(17(2,3)4)21-16(23)22-14-8-6-5-7-13(14)20-11-15-18-9-10-19-15/h9-14H,5-8H2,1-4H3,(H,18,19)(H2,21,22,23)/t12-,13-,14-/m0/s1. The Morgan fingerprint density at radius 2 is 2.17 bits per heavy atom. The molecule has 1 aromatic heterocycles. The van der Waals surface area contributed by atoms with E-state index in [2.05, 4.69) is 48.3 Å². The lowest BCUT2D eigenvalue weighted by atomic mass is 9.88. The zero-order valence-corrected chi connectivity index (χ0v) is 15.4. The number of aromatic amines is 1. The lowest BCUT2D eigenvalue weighted by Crippen LogP contribution is -2.52. The fourth-order valence-electron chi connectivity index (χ4n) is 2.60. The average molecular weight is 336 g/mol. The summed E-state index contributed by atoms with van der Waals surface area (Å²) in [6.45, 7) is 8.81. The molecule has 3 N–H and O–H groups in total. The molecular formula is C17H29N5S. The smallest absolute Gasteiger partial charge is 0.166 e. The molecule has 0 radical (unpaired) electrons. The highest BCUT2D eigenvalue weighted by molar-refractivity contribution is 7.80. The molecule has 5 nitrogen and oxygen atoms in total. The number of imidazole rings is 1. The third-order valence-corrected chi connectivity index (χ3v) is 4.84. The number of aliphatic imine (C=N–C) groups is 1. The molecule has 3 atom stereocenters. The van der Waals surface area contributed by atoms with Gasteiger partial charge in [0.25, 0.3) is 0 Å². The molecule has 0 saturated heterocycles. The Morgan fingerprint density at radius 1 is 1.43 bits per heavy atom. The first-order chi connectivity index (χ1) is 10.9. The monoisotopic (exact) mass is 335 g/mol. The SMILES string of the molecule is C[C@H](NC(=S)N[C@H]1CCCC[C@@H]1N=Cc1ncc[nH]1)C(C)(C)C. The molecule has 0 aromatic carbocycles. The lowest BCUT2D eigenvalue weighted by Gasteiger charge is -2.33. The molecule has 0 amide bonds. The summed E-state index contributed by atoms with van der Waals surface area (Å²) in [7, 11) is 0. The summed E-state index contributed by atoms with van der Waals surface area (Å²) < 4.78 is 0. The third-order valence-electron chi connectivity index (χ3n) is 4.60. The number of aromatic nitrogens is 2. The first-order valence-electron chi connectivity index (χ1n) is 8.46. The zero-order chi connectivity index (χ0) is 16.9.